The molecule has 128 valence electrons. The van der Waals surface area contributed by atoms with E-state index in [0.717, 1.165) is 0 Å². The number of hydrogen-bond acceptors (Lipinski definition) is 5. The largest absolute Gasteiger partial charge is 0.507 e. The molecule has 0 bridgehead atoms. The van der Waals surface area contributed by atoms with E-state index in [9.17, 15) is 15.2 Å². The van der Waals surface area contributed by atoms with Gasteiger partial charge in [0.2, 0.25) is 0 Å². The number of benzene rings is 2. The SMILES string of the molecule is N#C/C(=C/Nc1cccnc1Cl)C(=O)Nc1cccc2c(O)cccc12. The van der Waals surface area contributed by atoms with Gasteiger partial charge in [0, 0.05) is 28.9 Å². The van der Waals surface area contributed by atoms with Crippen molar-refractivity contribution in [3.8, 4) is 11.8 Å². The van der Waals surface area contributed by atoms with E-state index in [0.29, 0.717) is 22.1 Å². The molecule has 2 aromatic carbocycles. The molecule has 0 saturated carbocycles. The van der Waals surface area contributed by atoms with Crippen LogP contribution in [-0.4, -0.2) is 16.0 Å². The molecule has 0 atom stereocenters. The molecule has 0 aliphatic carbocycles. The minimum atomic E-state index is -0.587. The van der Waals surface area contributed by atoms with Gasteiger partial charge in [-0.2, -0.15) is 5.26 Å². The van der Waals surface area contributed by atoms with Crippen molar-refractivity contribution in [2.24, 2.45) is 0 Å². The molecule has 1 aromatic heterocycles. The van der Waals surface area contributed by atoms with Crippen LogP contribution in [0.25, 0.3) is 10.8 Å². The van der Waals surface area contributed by atoms with Gasteiger partial charge in [0.1, 0.15) is 17.4 Å². The van der Waals surface area contributed by atoms with Crippen LogP contribution >= 0.6 is 11.6 Å². The van der Waals surface area contributed by atoms with Gasteiger partial charge >= 0.3 is 0 Å². The van der Waals surface area contributed by atoms with E-state index in [1.165, 1.54) is 12.4 Å². The fraction of sp³-hybridized carbons (Fsp3) is 0. The summed E-state index contributed by atoms with van der Waals surface area (Å²) in [4.78, 5) is 16.3. The lowest BCUT2D eigenvalue weighted by Gasteiger charge is -2.09. The van der Waals surface area contributed by atoms with Gasteiger partial charge in [-0.3, -0.25) is 4.79 Å². The number of carbonyl (C=O) groups excluding carboxylic acids is 1. The van der Waals surface area contributed by atoms with Gasteiger partial charge in [-0.15, -0.1) is 0 Å². The van der Waals surface area contributed by atoms with Crippen LogP contribution < -0.4 is 10.6 Å². The molecule has 3 rings (SSSR count). The number of nitrogens with zero attached hydrogens (tertiary/aromatic N) is 2. The number of nitriles is 1. The summed E-state index contributed by atoms with van der Waals surface area (Å²) in [6, 6.07) is 15.4. The monoisotopic (exact) mass is 364 g/mol. The topological polar surface area (TPSA) is 98.0 Å². The van der Waals surface area contributed by atoms with Crippen LogP contribution in [0.1, 0.15) is 0 Å². The van der Waals surface area contributed by atoms with Gasteiger partial charge in [-0.1, -0.05) is 35.9 Å². The molecule has 0 aliphatic rings. The molecule has 6 nitrogen and oxygen atoms in total. The van der Waals surface area contributed by atoms with Crippen molar-refractivity contribution in [3.05, 3.63) is 71.7 Å². The number of anilines is 2. The Morgan fingerprint density at radius 3 is 2.62 bits per heavy atom. The molecule has 0 unspecified atom stereocenters. The first-order valence-electron chi connectivity index (χ1n) is 7.59. The van der Waals surface area contributed by atoms with Gasteiger partial charge in [0.25, 0.3) is 5.91 Å². The molecule has 3 N–H and O–H groups in total. The van der Waals surface area contributed by atoms with Crippen molar-refractivity contribution in [1.29, 1.82) is 5.26 Å². The molecule has 1 amide bonds. The quantitative estimate of drug-likeness (QED) is 0.368. The Labute approximate surface area is 154 Å². The fourth-order valence-electron chi connectivity index (χ4n) is 2.38. The molecule has 3 aromatic rings. The number of fused-ring (bicyclic) bond motifs is 1. The van der Waals surface area contributed by atoms with Crippen LogP contribution in [0.15, 0.2) is 66.5 Å². The van der Waals surface area contributed by atoms with Crippen LogP contribution in [0.5, 0.6) is 5.75 Å². The molecule has 1 heterocycles. The first-order chi connectivity index (χ1) is 12.6. The van der Waals surface area contributed by atoms with E-state index in [4.69, 9.17) is 11.6 Å². The molecule has 0 aliphatic heterocycles. The number of carbonyl (C=O) groups is 1. The molecular weight excluding hydrogens is 352 g/mol. The zero-order chi connectivity index (χ0) is 18.5. The van der Waals surface area contributed by atoms with Crippen LogP contribution in [0.4, 0.5) is 11.4 Å². The van der Waals surface area contributed by atoms with Crippen molar-refractivity contribution in [2.45, 2.75) is 0 Å². The van der Waals surface area contributed by atoms with Crippen molar-refractivity contribution in [3.63, 3.8) is 0 Å². The van der Waals surface area contributed by atoms with E-state index in [2.05, 4.69) is 15.6 Å². The van der Waals surface area contributed by atoms with E-state index < -0.39 is 5.91 Å². The number of pyridine rings is 1. The fourth-order valence-corrected chi connectivity index (χ4v) is 2.56. The molecule has 0 fully saturated rings. The third-order valence-electron chi connectivity index (χ3n) is 3.64. The Balaban J connectivity index is 1.85. The lowest BCUT2D eigenvalue weighted by atomic mass is 10.1. The van der Waals surface area contributed by atoms with Crippen molar-refractivity contribution >= 4 is 39.7 Å². The highest BCUT2D eigenvalue weighted by Crippen LogP contribution is 2.30. The molecule has 0 radical (unpaired) electrons. The van der Waals surface area contributed by atoms with Gasteiger partial charge in [0.05, 0.1) is 5.69 Å². The molecule has 7 heteroatoms. The number of rotatable bonds is 4. The predicted molar refractivity (Wildman–Crippen MR) is 101 cm³/mol. The van der Waals surface area contributed by atoms with Crippen LogP contribution in [-0.2, 0) is 4.79 Å². The van der Waals surface area contributed by atoms with Gasteiger partial charge < -0.3 is 15.7 Å². The maximum Gasteiger partial charge on any atom is 0.267 e. The van der Waals surface area contributed by atoms with Crippen LogP contribution in [0, 0.1) is 11.3 Å². The Hall–Kier alpha value is -3.56. The van der Waals surface area contributed by atoms with Crippen LogP contribution in [0.3, 0.4) is 0 Å². The summed E-state index contributed by atoms with van der Waals surface area (Å²) in [5, 5.41) is 26.2. The second-order valence-electron chi connectivity index (χ2n) is 5.29. The maximum atomic E-state index is 12.4. The molecular formula is C19H13ClN4O2. The zero-order valence-electron chi connectivity index (χ0n) is 13.4. The van der Waals surface area contributed by atoms with E-state index in [1.54, 1.807) is 48.5 Å². The smallest absolute Gasteiger partial charge is 0.267 e. The summed E-state index contributed by atoms with van der Waals surface area (Å²) in [6.07, 6.45) is 2.80. The summed E-state index contributed by atoms with van der Waals surface area (Å²) < 4.78 is 0. The first kappa shape index (κ1) is 17.3. The van der Waals surface area contributed by atoms with Crippen molar-refractivity contribution in [1.82, 2.24) is 4.98 Å². The molecule has 0 spiro atoms. The van der Waals surface area contributed by atoms with Crippen molar-refractivity contribution < 1.29 is 9.90 Å². The summed E-state index contributed by atoms with van der Waals surface area (Å²) in [5.41, 5.74) is 0.829. The van der Waals surface area contributed by atoms with E-state index >= 15 is 0 Å². The highest BCUT2D eigenvalue weighted by Gasteiger charge is 2.12. The van der Waals surface area contributed by atoms with E-state index in [1.807, 2.05) is 6.07 Å². The second-order valence-corrected chi connectivity index (χ2v) is 5.65. The number of aromatic nitrogens is 1. The number of aromatic hydroxyl groups is 1. The third kappa shape index (κ3) is 3.58. The molecule has 26 heavy (non-hydrogen) atoms. The first-order valence-corrected chi connectivity index (χ1v) is 7.97. The van der Waals surface area contributed by atoms with Gasteiger partial charge in [-0.25, -0.2) is 4.98 Å². The van der Waals surface area contributed by atoms with Gasteiger partial charge in [-0.05, 0) is 24.3 Å². The summed E-state index contributed by atoms with van der Waals surface area (Å²) in [5.74, 6) is -0.474. The van der Waals surface area contributed by atoms with Gasteiger partial charge in [0.15, 0.2) is 5.15 Å². The predicted octanol–water partition coefficient (Wildman–Crippen LogP) is 4.05. The summed E-state index contributed by atoms with van der Waals surface area (Å²) >= 11 is 5.93. The minimum Gasteiger partial charge on any atom is -0.507 e. The summed E-state index contributed by atoms with van der Waals surface area (Å²) in [7, 11) is 0. The number of hydrogen-bond donors (Lipinski definition) is 3. The number of nitrogens with one attached hydrogen (secondary N) is 2. The highest BCUT2D eigenvalue weighted by atomic mass is 35.5. The molecule has 0 saturated heterocycles. The van der Waals surface area contributed by atoms with Crippen LogP contribution in [0.2, 0.25) is 5.15 Å². The zero-order valence-corrected chi connectivity index (χ0v) is 14.2. The Bertz CT molecular complexity index is 1060. The number of phenols is 1. The normalized spacial score (nSPS) is 11.0. The number of phenolic OH excluding ortho intramolecular Hbond substituents is 1. The lowest BCUT2D eigenvalue weighted by molar-refractivity contribution is -0.112. The average molecular weight is 365 g/mol. The second kappa shape index (κ2) is 7.55. The third-order valence-corrected chi connectivity index (χ3v) is 3.94. The number of halogens is 1. The highest BCUT2D eigenvalue weighted by molar-refractivity contribution is 6.32. The minimum absolute atomic E-state index is 0.113. The Morgan fingerprint density at radius 2 is 1.85 bits per heavy atom. The lowest BCUT2D eigenvalue weighted by Crippen LogP contribution is -2.14. The number of amides is 1. The maximum absolute atomic E-state index is 12.4. The standard InChI is InChI=1S/C19H13ClN4O2/c20-18-16(7-3-9-22-18)23-11-12(10-21)19(26)24-15-6-1-5-14-13(15)4-2-8-17(14)25/h1-9,11,23,25H,(H,24,26)/b12-11-. The average Bonchev–Trinajstić information content (AvgIpc) is 2.64. The Morgan fingerprint density at radius 1 is 1.12 bits per heavy atom. The van der Waals surface area contributed by atoms with E-state index in [-0.39, 0.29) is 16.5 Å². The van der Waals surface area contributed by atoms with Crippen molar-refractivity contribution in [2.75, 3.05) is 10.6 Å². The Kier molecular flexibility index (Phi) is 5.02. The summed E-state index contributed by atoms with van der Waals surface area (Å²) in [6.45, 7) is 0.